The van der Waals surface area contributed by atoms with Crippen LogP contribution >= 0.6 is 0 Å². The minimum atomic E-state index is -1.10. The number of carbonyl (C=O) groups is 3. The predicted molar refractivity (Wildman–Crippen MR) is 88.5 cm³/mol. The number of nitrogens with zero attached hydrogens (tertiary/aromatic N) is 1. The third-order valence-electron chi connectivity index (χ3n) is 4.87. The number of hydrogen-bond donors (Lipinski definition) is 3. The average molecular weight is 330 g/mol. The lowest BCUT2D eigenvalue weighted by atomic mass is 9.91. The zero-order valence-electron chi connectivity index (χ0n) is 13.9. The molecule has 2 heterocycles. The summed E-state index contributed by atoms with van der Waals surface area (Å²) in [6.07, 6.45) is 2.06. The van der Waals surface area contributed by atoms with Crippen LogP contribution in [-0.4, -0.2) is 48.9 Å². The van der Waals surface area contributed by atoms with Crippen molar-refractivity contribution in [3.05, 3.63) is 35.4 Å². The second-order valence-corrected chi connectivity index (χ2v) is 6.49. The van der Waals surface area contributed by atoms with Crippen molar-refractivity contribution in [3.63, 3.8) is 0 Å². The van der Waals surface area contributed by atoms with Crippen molar-refractivity contribution < 1.29 is 14.4 Å². The van der Waals surface area contributed by atoms with Crippen molar-refractivity contribution in [3.8, 4) is 0 Å². The number of benzene rings is 1. The molecule has 3 N–H and O–H groups in total. The number of likely N-dealkylation sites (tertiary alicyclic amines) is 1. The minimum Gasteiger partial charge on any atom is -0.337 e. The molecule has 0 bridgehead atoms. The normalized spacial score (nSPS) is 26.9. The maximum atomic E-state index is 12.6. The van der Waals surface area contributed by atoms with Gasteiger partial charge in [0.2, 0.25) is 0 Å². The van der Waals surface area contributed by atoms with E-state index in [9.17, 15) is 14.4 Å². The zero-order chi connectivity index (χ0) is 17.3. The molecule has 24 heavy (non-hydrogen) atoms. The number of amides is 4. The summed E-state index contributed by atoms with van der Waals surface area (Å²) in [6.45, 7) is 3.11. The number of nitrogens with one attached hydrogen (secondary N) is 3. The maximum Gasteiger partial charge on any atom is 0.322 e. The van der Waals surface area contributed by atoms with E-state index in [1.54, 1.807) is 31.2 Å². The smallest absolute Gasteiger partial charge is 0.322 e. The molecule has 0 saturated carbocycles. The molecule has 0 aromatic heterocycles. The molecule has 0 radical (unpaired) electrons. The Morgan fingerprint density at radius 1 is 1.29 bits per heavy atom. The van der Waals surface area contributed by atoms with Gasteiger partial charge in [0, 0.05) is 24.7 Å². The summed E-state index contributed by atoms with van der Waals surface area (Å²) in [5.74, 6) is -0.397. The molecule has 1 aromatic rings. The molecule has 2 saturated heterocycles. The largest absolute Gasteiger partial charge is 0.337 e. The van der Waals surface area contributed by atoms with Gasteiger partial charge >= 0.3 is 6.03 Å². The quantitative estimate of drug-likeness (QED) is 0.707. The Morgan fingerprint density at radius 2 is 2.00 bits per heavy atom. The second-order valence-electron chi connectivity index (χ2n) is 6.49. The Kier molecular flexibility index (Phi) is 4.28. The van der Waals surface area contributed by atoms with Crippen LogP contribution in [0.25, 0.3) is 0 Å². The summed E-state index contributed by atoms with van der Waals surface area (Å²) in [7, 11) is 1.91. The van der Waals surface area contributed by atoms with Crippen LogP contribution in [0.15, 0.2) is 24.3 Å². The molecule has 7 heteroatoms. The van der Waals surface area contributed by atoms with Crippen molar-refractivity contribution in [1.29, 1.82) is 0 Å². The molecule has 0 unspecified atom stereocenters. The molecular formula is C17H22N4O3. The summed E-state index contributed by atoms with van der Waals surface area (Å²) in [4.78, 5) is 37.8. The van der Waals surface area contributed by atoms with Crippen molar-refractivity contribution in [2.45, 2.75) is 31.3 Å². The molecular weight excluding hydrogens is 308 g/mol. The molecule has 2 atom stereocenters. The molecule has 128 valence electrons. The predicted octanol–water partition coefficient (Wildman–Crippen LogP) is 0.565. The van der Waals surface area contributed by atoms with E-state index in [4.69, 9.17) is 0 Å². The fourth-order valence-corrected chi connectivity index (χ4v) is 3.27. The van der Waals surface area contributed by atoms with Gasteiger partial charge in [-0.1, -0.05) is 12.1 Å². The van der Waals surface area contributed by atoms with Crippen LogP contribution in [0.1, 0.15) is 35.7 Å². The zero-order valence-corrected chi connectivity index (χ0v) is 13.9. The lowest BCUT2D eigenvalue weighted by Crippen LogP contribution is -2.47. The van der Waals surface area contributed by atoms with E-state index in [0.29, 0.717) is 23.7 Å². The van der Waals surface area contributed by atoms with E-state index >= 15 is 0 Å². The van der Waals surface area contributed by atoms with Crippen LogP contribution in [0.3, 0.4) is 0 Å². The number of likely N-dealkylation sites (N-methyl/N-ethyl adjacent to an activating group) is 1. The molecule has 4 amide bonds. The van der Waals surface area contributed by atoms with E-state index < -0.39 is 11.6 Å². The van der Waals surface area contributed by atoms with Crippen LogP contribution in [-0.2, 0) is 10.3 Å². The highest BCUT2D eigenvalue weighted by Crippen LogP contribution is 2.25. The first-order valence-corrected chi connectivity index (χ1v) is 8.14. The van der Waals surface area contributed by atoms with Crippen LogP contribution < -0.4 is 16.0 Å². The first-order valence-electron chi connectivity index (χ1n) is 8.14. The summed E-state index contributed by atoms with van der Waals surface area (Å²) in [5, 5.41) is 8.08. The number of urea groups is 1. The van der Waals surface area contributed by atoms with Crippen molar-refractivity contribution in [2.24, 2.45) is 0 Å². The summed E-state index contributed by atoms with van der Waals surface area (Å²) < 4.78 is 0. The van der Waals surface area contributed by atoms with E-state index in [0.717, 1.165) is 19.4 Å². The SMILES string of the molecule is CN[C@@H]1CCCN(C(=O)c2ccc([C@]3(C)NC(=O)NC3=O)cc2)C1. The van der Waals surface area contributed by atoms with Gasteiger partial charge in [-0.05, 0) is 44.5 Å². The number of rotatable bonds is 3. The molecule has 0 spiro atoms. The summed E-state index contributed by atoms with van der Waals surface area (Å²) in [6, 6.07) is 6.69. The fraction of sp³-hybridized carbons (Fsp3) is 0.471. The standard InChI is InChI=1S/C17H22N4O3/c1-17(15(23)19-16(24)20-17)12-7-5-11(6-8-12)14(22)21-9-3-4-13(10-21)18-2/h5-8,13,18H,3-4,9-10H2,1-2H3,(H2,19,20,23,24)/t13-,17+/m1/s1. The highest BCUT2D eigenvalue weighted by Gasteiger charge is 2.43. The third kappa shape index (κ3) is 2.87. The Labute approximate surface area is 140 Å². The van der Waals surface area contributed by atoms with Crippen LogP contribution in [0.2, 0.25) is 0 Å². The molecule has 2 aliphatic rings. The average Bonchev–Trinajstić information content (AvgIpc) is 2.87. The Morgan fingerprint density at radius 3 is 2.58 bits per heavy atom. The van der Waals surface area contributed by atoms with Gasteiger partial charge in [-0.3, -0.25) is 14.9 Å². The van der Waals surface area contributed by atoms with Crippen molar-refractivity contribution >= 4 is 17.8 Å². The van der Waals surface area contributed by atoms with Gasteiger partial charge in [-0.15, -0.1) is 0 Å². The molecule has 2 fully saturated rings. The first-order chi connectivity index (χ1) is 11.4. The number of piperidine rings is 1. The Bertz CT molecular complexity index is 673. The van der Waals surface area contributed by atoms with Gasteiger partial charge in [-0.2, -0.15) is 0 Å². The third-order valence-corrected chi connectivity index (χ3v) is 4.87. The summed E-state index contributed by atoms with van der Waals surface area (Å²) >= 11 is 0. The van der Waals surface area contributed by atoms with Crippen molar-refractivity contribution in [1.82, 2.24) is 20.9 Å². The van der Waals surface area contributed by atoms with Gasteiger partial charge in [0.05, 0.1) is 0 Å². The van der Waals surface area contributed by atoms with Crippen LogP contribution in [0.5, 0.6) is 0 Å². The maximum absolute atomic E-state index is 12.6. The van der Waals surface area contributed by atoms with Gasteiger partial charge in [0.15, 0.2) is 0 Å². The first kappa shape index (κ1) is 16.4. The lowest BCUT2D eigenvalue weighted by molar-refractivity contribution is -0.123. The van der Waals surface area contributed by atoms with Crippen LogP contribution in [0, 0.1) is 0 Å². The van der Waals surface area contributed by atoms with Gasteiger partial charge in [-0.25, -0.2) is 4.79 Å². The Balaban J connectivity index is 1.76. The van der Waals surface area contributed by atoms with E-state index in [-0.39, 0.29) is 11.8 Å². The van der Waals surface area contributed by atoms with Gasteiger partial charge in [0.25, 0.3) is 11.8 Å². The van der Waals surface area contributed by atoms with Gasteiger partial charge < -0.3 is 15.5 Å². The highest BCUT2D eigenvalue weighted by molar-refractivity contribution is 6.07. The molecule has 1 aromatic carbocycles. The molecule has 7 nitrogen and oxygen atoms in total. The van der Waals surface area contributed by atoms with Crippen molar-refractivity contribution in [2.75, 3.05) is 20.1 Å². The molecule has 2 aliphatic heterocycles. The number of imide groups is 1. The number of carbonyl (C=O) groups excluding carboxylic acids is 3. The topological polar surface area (TPSA) is 90.5 Å². The van der Waals surface area contributed by atoms with E-state index in [2.05, 4.69) is 16.0 Å². The number of hydrogen-bond acceptors (Lipinski definition) is 4. The van der Waals surface area contributed by atoms with Gasteiger partial charge in [0.1, 0.15) is 5.54 Å². The second kappa shape index (κ2) is 6.24. The summed E-state index contributed by atoms with van der Waals surface area (Å²) in [5.41, 5.74) is 0.138. The minimum absolute atomic E-state index is 0.00781. The molecule has 0 aliphatic carbocycles. The highest BCUT2D eigenvalue weighted by atomic mass is 16.2. The van der Waals surface area contributed by atoms with E-state index in [1.165, 1.54) is 0 Å². The fourth-order valence-electron chi connectivity index (χ4n) is 3.27. The molecule has 3 rings (SSSR count). The Hall–Kier alpha value is -2.41. The van der Waals surface area contributed by atoms with Crippen LogP contribution in [0.4, 0.5) is 4.79 Å². The lowest BCUT2D eigenvalue weighted by Gasteiger charge is -2.32. The van der Waals surface area contributed by atoms with E-state index in [1.807, 2.05) is 11.9 Å². The monoisotopic (exact) mass is 330 g/mol.